The highest BCUT2D eigenvalue weighted by Crippen LogP contribution is 2.38. The van der Waals surface area contributed by atoms with Crippen LogP contribution < -0.4 is 25.5 Å². The molecule has 0 saturated carbocycles. The number of carbonyl (C=O) groups excluding carboxylic acids is 2. The number of hydrogen-bond donors (Lipinski definition) is 1. The number of rotatable bonds is 6. The molecule has 0 radical (unpaired) electrons. The Morgan fingerprint density at radius 3 is 2.41 bits per heavy atom. The standard InChI is InChI=1S/C27H24F3N7O4/c1-16-21(22-8-7-19(14-32-22)37-15-33-34(3)25(37)39)12-20(41-27(28,29)30)13-23(16)36-10-9-35(26(36)40)18-6-4-5-17(11-18)24(38)31-2/h4-8,11-15H,9-10H2,1-3H3,(H,31,38). The van der Waals surface area contributed by atoms with Crippen molar-refractivity contribution in [3.8, 4) is 22.7 Å². The second-order valence-electron chi connectivity index (χ2n) is 9.19. The number of halogens is 3. The molecule has 0 unspecified atom stereocenters. The fourth-order valence-electron chi connectivity index (χ4n) is 4.62. The third-order valence-electron chi connectivity index (χ3n) is 6.66. The van der Waals surface area contributed by atoms with E-state index in [1.54, 1.807) is 43.3 Å². The Bertz CT molecular complexity index is 1700. The minimum Gasteiger partial charge on any atom is -0.406 e. The molecule has 3 amide bonds. The van der Waals surface area contributed by atoms with E-state index in [-0.39, 0.29) is 24.7 Å². The topological polar surface area (TPSA) is 115 Å². The van der Waals surface area contributed by atoms with E-state index in [4.69, 9.17) is 0 Å². The third kappa shape index (κ3) is 5.35. The first-order valence-corrected chi connectivity index (χ1v) is 12.4. The predicted octanol–water partition coefficient (Wildman–Crippen LogP) is 3.65. The van der Waals surface area contributed by atoms with Gasteiger partial charge in [0.2, 0.25) is 0 Å². The summed E-state index contributed by atoms with van der Waals surface area (Å²) in [5.74, 6) is -0.838. The van der Waals surface area contributed by atoms with Gasteiger partial charge >= 0.3 is 18.1 Å². The van der Waals surface area contributed by atoms with Crippen molar-refractivity contribution >= 4 is 23.3 Å². The lowest BCUT2D eigenvalue weighted by atomic mass is 10.0. The highest BCUT2D eigenvalue weighted by atomic mass is 19.4. The molecule has 0 aliphatic carbocycles. The molecule has 14 heteroatoms. The molecular formula is C27H24F3N7O4. The molecule has 1 fully saturated rings. The Kier molecular flexibility index (Phi) is 6.99. The number of urea groups is 1. The zero-order valence-corrected chi connectivity index (χ0v) is 22.1. The van der Waals surface area contributed by atoms with Crippen molar-refractivity contribution in [2.75, 3.05) is 29.9 Å². The molecule has 212 valence electrons. The second kappa shape index (κ2) is 10.4. The van der Waals surface area contributed by atoms with Gasteiger partial charge in [-0.25, -0.2) is 18.8 Å². The summed E-state index contributed by atoms with van der Waals surface area (Å²) in [5.41, 5.74) is 2.17. The van der Waals surface area contributed by atoms with Crippen LogP contribution in [0, 0.1) is 6.92 Å². The molecule has 4 aromatic rings. The van der Waals surface area contributed by atoms with Crippen LogP contribution in [0.3, 0.4) is 0 Å². The number of anilines is 2. The number of nitrogens with zero attached hydrogens (tertiary/aromatic N) is 6. The number of aromatic nitrogens is 4. The molecule has 1 saturated heterocycles. The van der Waals surface area contributed by atoms with Crippen molar-refractivity contribution < 1.29 is 27.5 Å². The van der Waals surface area contributed by atoms with Crippen LogP contribution >= 0.6 is 0 Å². The molecule has 2 aromatic carbocycles. The van der Waals surface area contributed by atoms with Gasteiger partial charge in [0.05, 0.1) is 23.3 Å². The van der Waals surface area contributed by atoms with Gasteiger partial charge in [0, 0.05) is 50.1 Å². The van der Waals surface area contributed by atoms with Gasteiger partial charge in [0.1, 0.15) is 12.1 Å². The summed E-state index contributed by atoms with van der Waals surface area (Å²) in [5, 5.41) is 6.43. The van der Waals surface area contributed by atoms with Crippen LogP contribution in [0.5, 0.6) is 5.75 Å². The zero-order chi connectivity index (χ0) is 29.5. The van der Waals surface area contributed by atoms with Gasteiger partial charge in [-0.2, -0.15) is 5.10 Å². The molecule has 1 aliphatic heterocycles. The van der Waals surface area contributed by atoms with Gasteiger partial charge in [-0.1, -0.05) is 6.07 Å². The molecule has 5 rings (SSSR count). The summed E-state index contributed by atoms with van der Waals surface area (Å²) < 4.78 is 46.4. The fraction of sp³-hybridized carbons (Fsp3) is 0.222. The van der Waals surface area contributed by atoms with Crippen molar-refractivity contribution in [2.24, 2.45) is 7.05 Å². The maximum atomic E-state index is 13.5. The van der Waals surface area contributed by atoms with Crippen LogP contribution in [0.15, 0.2) is 65.8 Å². The van der Waals surface area contributed by atoms with Crippen LogP contribution in [0.25, 0.3) is 16.9 Å². The lowest BCUT2D eigenvalue weighted by molar-refractivity contribution is -0.274. The number of amides is 3. The van der Waals surface area contributed by atoms with Crippen LogP contribution in [-0.4, -0.2) is 57.8 Å². The van der Waals surface area contributed by atoms with Gasteiger partial charge in [-0.05, 0) is 48.9 Å². The summed E-state index contributed by atoms with van der Waals surface area (Å²) in [6.07, 6.45) is -2.24. The Balaban J connectivity index is 1.53. The van der Waals surface area contributed by atoms with E-state index in [1.807, 2.05) is 0 Å². The highest BCUT2D eigenvalue weighted by molar-refractivity contribution is 6.07. The number of ether oxygens (including phenoxy) is 1. The molecule has 11 nitrogen and oxygen atoms in total. The van der Waals surface area contributed by atoms with E-state index in [1.165, 1.54) is 47.1 Å². The quantitative estimate of drug-likeness (QED) is 0.381. The number of nitrogens with one attached hydrogen (secondary N) is 1. The lowest BCUT2D eigenvalue weighted by Crippen LogP contribution is -2.32. The Morgan fingerprint density at radius 2 is 1.78 bits per heavy atom. The van der Waals surface area contributed by atoms with E-state index < -0.39 is 23.8 Å². The molecule has 0 spiro atoms. The third-order valence-corrected chi connectivity index (χ3v) is 6.66. The summed E-state index contributed by atoms with van der Waals surface area (Å²) in [4.78, 5) is 45.0. The molecular weight excluding hydrogens is 543 g/mol. The number of alkyl halides is 3. The maximum Gasteiger partial charge on any atom is 0.573 e. The van der Waals surface area contributed by atoms with Crippen LogP contribution in [-0.2, 0) is 7.05 Å². The van der Waals surface area contributed by atoms with E-state index in [0.717, 1.165) is 10.7 Å². The van der Waals surface area contributed by atoms with Crippen molar-refractivity contribution in [1.82, 2.24) is 24.6 Å². The largest absolute Gasteiger partial charge is 0.573 e. The number of carbonyl (C=O) groups is 2. The molecule has 0 bridgehead atoms. The number of hydrogen-bond acceptors (Lipinski definition) is 6. The molecule has 0 atom stereocenters. The summed E-state index contributed by atoms with van der Waals surface area (Å²) in [7, 11) is 2.99. The average molecular weight is 568 g/mol. The van der Waals surface area contributed by atoms with Gasteiger partial charge in [0.15, 0.2) is 0 Å². The van der Waals surface area contributed by atoms with Crippen molar-refractivity contribution in [1.29, 1.82) is 0 Å². The van der Waals surface area contributed by atoms with Crippen molar-refractivity contribution in [3.05, 3.63) is 82.7 Å². The zero-order valence-electron chi connectivity index (χ0n) is 22.1. The smallest absolute Gasteiger partial charge is 0.406 e. The van der Waals surface area contributed by atoms with E-state index in [2.05, 4.69) is 20.1 Å². The lowest BCUT2D eigenvalue weighted by Gasteiger charge is -2.23. The first-order chi connectivity index (χ1) is 19.5. The summed E-state index contributed by atoms with van der Waals surface area (Å²) >= 11 is 0. The first-order valence-electron chi connectivity index (χ1n) is 12.4. The summed E-state index contributed by atoms with van der Waals surface area (Å²) in [6, 6.07) is 11.5. The normalized spacial score (nSPS) is 13.6. The van der Waals surface area contributed by atoms with Gasteiger partial charge in [-0.15, -0.1) is 13.2 Å². The predicted molar refractivity (Wildman–Crippen MR) is 143 cm³/mol. The molecule has 1 aliphatic rings. The van der Waals surface area contributed by atoms with Gasteiger partial charge < -0.3 is 10.1 Å². The second-order valence-corrected chi connectivity index (χ2v) is 9.19. The number of aryl methyl sites for hydroxylation is 1. The minimum absolute atomic E-state index is 0.176. The number of benzene rings is 2. The van der Waals surface area contributed by atoms with Crippen molar-refractivity contribution in [3.63, 3.8) is 0 Å². The monoisotopic (exact) mass is 567 g/mol. The van der Waals surface area contributed by atoms with Crippen LogP contribution in [0.4, 0.5) is 29.3 Å². The van der Waals surface area contributed by atoms with Gasteiger partial charge in [0.25, 0.3) is 5.91 Å². The maximum absolute atomic E-state index is 13.5. The Labute approximate surface area is 231 Å². The molecule has 41 heavy (non-hydrogen) atoms. The Hall–Kier alpha value is -5.14. The molecule has 1 N–H and O–H groups in total. The first kappa shape index (κ1) is 27.4. The molecule has 2 aromatic heterocycles. The van der Waals surface area contributed by atoms with E-state index in [9.17, 15) is 27.6 Å². The van der Waals surface area contributed by atoms with Crippen molar-refractivity contribution in [2.45, 2.75) is 13.3 Å². The van der Waals surface area contributed by atoms with E-state index in [0.29, 0.717) is 33.8 Å². The average Bonchev–Trinajstić information content (AvgIpc) is 3.49. The minimum atomic E-state index is -4.97. The highest BCUT2D eigenvalue weighted by Gasteiger charge is 2.35. The van der Waals surface area contributed by atoms with E-state index >= 15 is 0 Å². The SMILES string of the molecule is CNC(=O)c1cccc(N2CCN(c3cc(OC(F)(F)F)cc(-c4ccc(-n5cnn(C)c5=O)cn4)c3C)C2=O)c1. The summed E-state index contributed by atoms with van der Waals surface area (Å²) in [6.45, 7) is 2.09. The van der Waals surface area contributed by atoms with Crippen LogP contribution in [0.2, 0.25) is 0 Å². The van der Waals surface area contributed by atoms with Gasteiger partial charge in [-0.3, -0.25) is 19.6 Å². The molecule has 3 heterocycles. The fourth-order valence-corrected chi connectivity index (χ4v) is 4.62. The number of pyridine rings is 1. The Morgan fingerprint density at radius 1 is 1.02 bits per heavy atom. The van der Waals surface area contributed by atoms with Crippen LogP contribution in [0.1, 0.15) is 15.9 Å².